The SMILES string of the molecule is C=NCc1c(N)ccc2c1C1(CCCc3c(-c4cc5c(ncn5C5CNCC(F)(F)C5)c(OC(C)C5CC(F)CN5C)n4)noc31)CC2. The van der Waals surface area contributed by atoms with Crippen molar-refractivity contribution >= 4 is 23.4 Å². The Bertz CT molecular complexity index is 1890. The van der Waals surface area contributed by atoms with Gasteiger partial charge in [-0.25, -0.2) is 23.1 Å². The monoisotopic (exact) mass is 662 g/mol. The molecule has 13 heteroatoms. The van der Waals surface area contributed by atoms with Gasteiger partial charge >= 0.3 is 0 Å². The number of benzene rings is 1. The standard InChI is InChI=1S/C35H41F3N8O2/c1-19(27-11-21(36)16-45(27)3)47-33-31-28(46(18-42-31)22-13-35(37,38)17-41-14-22)12-26(43-33)30-23-5-4-9-34(32(23)48-44-30)10-8-20-6-7-25(39)24(15-40-2)29(20)34/h6-7,12,18-19,21-22,27,41H,2,4-5,8-11,13-17,39H2,1,3H3. The number of ether oxygens (including phenoxy) is 1. The van der Waals surface area contributed by atoms with Crippen LogP contribution >= 0.6 is 0 Å². The molecule has 5 unspecified atom stereocenters. The lowest BCUT2D eigenvalue weighted by molar-refractivity contribution is -0.0360. The number of hydrogen-bond acceptors (Lipinski definition) is 9. The van der Waals surface area contributed by atoms with Crippen molar-refractivity contribution in [2.45, 2.75) is 94.1 Å². The molecule has 5 atom stereocenters. The second kappa shape index (κ2) is 11.6. The second-order valence-electron chi connectivity index (χ2n) is 14.2. The van der Waals surface area contributed by atoms with E-state index in [1.54, 1.807) is 10.9 Å². The minimum absolute atomic E-state index is 0.155. The number of anilines is 1. The van der Waals surface area contributed by atoms with E-state index in [4.69, 9.17) is 20.0 Å². The number of nitrogens with one attached hydrogen (secondary N) is 1. The average molecular weight is 663 g/mol. The van der Waals surface area contributed by atoms with Gasteiger partial charge in [-0.15, -0.1) is 0 Å². The first-order valence-corrected chi connectivity index (χ1v) is 16.9. The molecule has 0 saturated carbocycles. The lowest BCUT2D eigenvalue weighted by Gasteiger charge is -2.34. The molecule has 0 radical (unpaired) electrons. The Labute approximate surface area is 276 Å². The summed E-state index contributed by atoms with van der Waals surface area (Å²) in [5.74, 6) is -1.76. The highest BCUT2D eigenvalue weighted by Crippen LogP contribution is 2.54. The average Bonchev–Trinajstić information content (AvgIpc) is 3.83. The maximum Gasteiger partial charge on any atom is 0.262 e. The number of halogens is 3. The van der Waals surface area contributed by atoms with E-state index in [-0.39, 0.29) is 24.9 Å². The van der Waals surface area contributed by atoms with Crippen molar-refractivity contribution in [1.29, 1.82) is 0 Å². The van der Waals surface area contributed by atoms with Gasteiger partial charge in [0.25, 0.3) is 5.92 Å². The number of aryl methyl sites for hydroxylation is 1. The lowest BCUT2D eigenvalue weighted by Crippen LogP contribution is -2.44. The van der Waals surface area contributed by atoms with Crippen LogP contribution in [0.15, 0.2) is 34.0 Å². The summed E-state index contributed by atoms with van der Waals surface area (Å²) in [6.07, 6.45) is 4.61. The molecule has 3 aromatic heterocycles. The highest BCUT2D eigenvalue weighted by molar-refractivity contribution is 5.85. The normalized spacial score (nSPS) is 27.3. The smallest absolute Gasteiger partial charge is 0.262 e. The molecule has 254 valence electrons. The number of rotatable bonds is 7. The summed E-state index contributed by atoms with van der Waals surface area (Å²) in [6, 6.07) is 5.24. The third-order valence-corrected chi connectivity index (χ3v) is 11.1. The number of likely N-dealkylation sites (N-methyl/N-ethyl adjacent to an activating group) is 1. The van der Waals surface area contributed by atoms with Gasteiger partial charge in [0.1, 0.15) is 18.0 Å². The molecular weight excluding hydrogens is 621 g/mol. The van der Waals surface area contributed by atoms with E-state index in [0.717, 1.165) is 49.0 Å². The minimum Gasteiger partial charge on any atom is -0.471 e. The zero-order chi connectivity index (χ0) is 33.4. The van der Waals surface area contributed by atoms with Crippen molar-refractivity contribution < 1.29 is 22.4 Å². The molecule has 3 N–H and O–H groups in total. The van der Waals surface area contributed by atoms with Gasteiger partial charge in [0.15, 0.2) is 11.3 Å². The van der Waals surface area contributed by atoms with Crippen LogP contribution in [0.4, 0.5) is 18.9 Å². The van der Waals surface area contributed by atoms with E-state index in [9.17, 15) is 13.2 Å². The molecule has 2 aliphatic carbocycles. The molecular formula is C35H41F3N8O2. The summed E-state index contributed by atoms with van der Waals surface area (Å²) in [4.78, 5) is 15.8. The maximum atomic E-state index is 14.6. The first-order chi connectivity index (χ1) is 23.1. The summed E-state index contributed by atoms with van der Waals surface area (Å²) < 4.78 is 58.1. The van der Waals surface area contributed by atoms with Crippen LogP contribution in [0, 0.1) is 0 Å². The van der Waals surface area contributed by atoms with Crippen molar-refractivity contribution in [3.05, 3.63) is 52.5 Å². The molecule has 1 aromatic carbocycles. The fourth-order valence-electron chi connectivity index (χ4n) is 8.92. The van der Waals surface area contributed by atoms with Crippen LogP contribution in [-0.4, -0.2) is 82.2 Å². The van der Waals surface area contributed by atoms with Crippen molar-refractivity contribution in [3.8, 4) is 17.3 Å². The Kier molecular flexibility index (Phi) is 7.55. The van der Waals surface area contributed by atoms with E-state index >= 15 is 0 Å². The lowest BCUT2D eigenvalue weighted by atomic mass is 9.68. The quantitative estimate of drug-likeness (QED) is 0.199. The number of piperidine rings is 1. The predicted molar refractivity (Wildman–Crippen MR) is 177 cm³/mol. The number of hydrogen-bond donors (Lipinski definition) is 2. The number of nitrogen functional groups attached to an aromatic ring is 1. The van der Waals surface area contributed by atoms with Gasteiger partial charge in [0.2, 0.25) is 5.88 Å². The topological polar surface area (TPSA) is 120 Å². The summed E-state index contributed by atoms with van der Waals surface area (Å²) in [7, 11) is 1.89. The highest BCUT2D eigenvalue weighted by Gasteiger charge is 2.49. The zero-order valence-corrected chi connectivity index (χ0v) is 27.3. The molecule has 48 heavy (non-hydrogen) atoms. The van der Waals surface area contributed by atoms with Gasteiger partial charge in [-0.05, 0) is 82.5 Å². The van der Waals surface area contributed by atoms with Crippen LogP contribution in [0.5, 0.6) is 5.88 Å². The van der Waals surface area contributed by atoms with Crippen molar-refractivity contribution in [3.63, 3.8) is 0 Å². The molecule has 2 aliphatic heterocycles. The van der Waals surface area contributed by atoms with E-state index in [1.807, 2.05) is 31.0 Å². The Balaban J connectivity index is 1.25. The third kappa shape index (κ3) is 4.99. The largest absolute Gasteiger partial charge is 0.471 e. The number of aliphatic imine (C=N–C) groups is 1. The molecule has 4 aliphatic rings. The van der Waals surface area contributed by atoms with Crippen LogP contribution in [0.25, 0.3) is 22.4 Å². The van der Waals surface area contributed by atoms with Gasteiger partial charge < -0.3 is 24.9 Å². The molecule has 0 bridgehead atoms. The molecule has 4 aromatic rings. The molecule has 0 amide bonds. The third-order valence-electron chi connectivity index (χ3n) is 11.1. The minimum atomic E-state index is -2.85. The summed E-state index contributed by atoms with van der Waals surface area (Å²) in [5, 5.41) is 7.53. The fraction of sp³-hybridized carbons (Fsp3) is 0.543. The number of imidazole rings is 1. The second-order valence-corrected chi connectivity index (χ2v) is 14.2. The maximum absolute atomic E-state index is 14.6. The van der Waals surface area contributed by atoms with E-state index < -0.39 is 29.7 Å². The van der Waals surface area contributed by atoms with E-state index in [2.05, 4.69) is 33.2 Å². The van der Waals surface area contributed by atoms with Gasteiger partial charge in [-0.2, -0.15) is 0 Å². The van der Waals surface area contributed by atoms with Crippen molar-refractivity contribution in [1.82, 2.24) is 29.9 Å². The molecule has 10 nitrogen and oxygen atoms in total. The number of aromatic nitrogens is 4. The summed E-state index contributed by atoms with van der Waals surface area (Å²) in [5.41, 5.74) is 13.4. The number of likely N-dealkylation sites (tertiary alicyclic amines) is 1. The number of pyridine rings is 1. The number of fused-ring (bicyclic) bond motifs is 5. The van der Waals surface area contributed by atoms with E-state index in [1.165, 1.54) is 11.1 Å². The molecule has 2 fully saturated rings. The van der Waals surface area contributed by atoms with Crippen LogP contribution in [-0.2, 0) is 24.8 Å². The van der Waals surface area contributed by atoms with Gasteiger partial charge in [-0.1, -0.05) is 11.2 Å². The van der Waals surface area contributed by atoms with Gasteiger partial charge in [0, 0.05) is 42.4 Å². The highest BCUT2D eigenvalue weighted by atomic mass is 19.3. The first-order valence-electron chi connectivity index (χ1n) is 16.9. The van der Waals surface area contributed by atoms with Crippen molar-refractivity contribution in [2.75, 3.05) is 32.4 Å². The molecule has 1 spiro atoms. The Hall–Kier alpha value is -3.97. The number of nitrogens with zero attached hydrogens (tertiary/aromatic N) is 6. The molecule has 8 rings (SSSR count). The Morgan fingerprint density at radius 2 is 2.12 bits per heavy atom. The summed E-state index contributed by atoms with van der Waals surface area (Å²) >= 11 is 0. The number of alkyl halides is 3. The zero-order valence-electron chi connectivity index (χ0n) is 27.3. The fourth-order valence-corrected chi connectivity index (χ4v) is 8.92. The Morgan fingerprint density at radius 1 is 1.27 bits per heavy atom. The predicted octanol–water partition coefficient (Wildman–Crippen LogP) is 5.42. The van der Waals surface area contributed by atoms with Crippen LogP contribution in [0.1, 0.15) is 73.1 Å². The van der Waals surface area contributed by atoms with Crippen LogP contribution < -0.4 is 15.8 Å². The van der Waals surface area contributed by atoms with Crippen molar-refractivity contribution in [2.24, 2.45) is 4.99 Å². The van der Waals surface area contributed by atoms with Gasteiger partial charge in [-0.3, -0.25) is 9.89 Å². The van der Waals surface area contributed by atoms with Gasteiger partial charge in [0.05, 0.1) is 42.1 Å². The Morgan fingerprint density at radius 3 is 2.90 bits per heavy atom. The number of nitrogens with two attached hydrogens (primary N) is 1. The molecule has 5 heterocycles. The molecule has 2 saturated heterocycles. The van der Waals surface area contributed by atoms with Crippen LogP contribution in [0.2, 0.25) is 0 Å². The van der Waals surface area contributed by atoms with Crippen LogP contribution in [0.3, 0.4) is 0 Å². The first kappa shape index (κ1) is 31.3. The van der Waals surface area contributed by atoms with E-state index in [0.29, 0.717) is 54.2 Å². The summed E-state index contributed by atoms with van der Waals surface area (Å²) in [6.45, 7) is 6.42.